The van der Waals surface area contributed by atoms with Gasteiger partial charge in [-0.2, -0.15) is 22.3 Å². The number of rotatable bonds is 5. The second-order valence-corrected chi connectivity index (χ2v) is 6.84. The molecule has 0 aliphatic carbocycles. The molecule has 21 heavy (non-hydrogen) atoms. The highest BCUT2D eigenvalue weighted by Crippen LogP contribution is 2.25. The van der Waals surface area contributed by atoms with Gasteiger partial charge in [-0.1, -0.05) is 6.07 Å². The molecule has 7 nitrogen and oxygen atoms in total. The molecule has 2 heterocycles. The van der Waals surface area contributed by atoms with Crippen molar-refractivity contribution in [1.29, 1.82) is 5.26 Å². The maximum atomic E-state index is 12.7. The number of hydrogen-bond donors (Lipinski definition) is 1. The number of hydrogen-bond acceptors (Lipinski definition) is 5. The summed E-state index contributed by atoms with van der Waals surface area (Å²) in [6.07, 6.45) is 3.53. The van der Waals surface area contributed by atoms with Crippen LogP contribution in [0.25, 0.3) is 0 Å². The van der Waals surface area contributed by atoms with Gasteiger partial charge in [-0.3, -0.25) is 4.98 Å². The maximum Gasteiger partial charge on any atom is 0.282 e. The molecule has 1 saturated heterocycles. The summed E-state index contributed by atoms with van der Waals surface area (Å²) in [5.41, 5.74) is 0.863. The summed E-state index contributed by atoms with van der Waals surface area (Å²) in [6.45, 7) is 1.76. The van der Waals surface area contributed by atoms with Crippen molar-refractivity contribution in [2.24, 2.45) is 0 Å². The summed E-state index contributed by atoms with van der Waals surface area (Å²) in [6, 6.07) is 5.37. The van der Waals surface area contributed by atoms with E-state index >= 15 is 0 Å². The average Bonchev–Trinajstić information content (AvgIpc) is 2.53. The summed E-state index contributed by atoms with van der Waals surface area (Å²) in [5, 5.41) is 11.8. The van der Waals surface area contributed by atoms with Crippen molar-refractivity contribution in [2.45, 2.75) is 12.5 Å². The molecule has 1 unspecified atom stereocenters. The number of nitrogens with one attached hydrogen (secondary N) is 1. The van der Waals surface area contributed by atoms with E-state index in [1.165, 1.54) is 15.7 Å². The number of aromatic nitrogens is 1. The Morgan fingerprint density at radius 1 is 1.62 bits per heavy atom. The van der Waals surface area contributed by atoms with Crippen molar-refractivity contribution in [3.63, 3.8) is 0 Å². The molecule has 1 fully saturated rings. The van der Waals surface area contributed by atoms with Crippen molar-refractivity contribution in [1.82, 2.24) is 18.9 Å². The van der Waals surface area contributed by atoms with E-state index in [9.17, 15) is 8.42 Å². The van der Waals surface area contributed by atoms with Gasteiger partial charge < -0.3 is 5.32 Å². The van der Waals surface area contributed by atoms with Gasteiger partial charge >= 0.3 is 0 Å². The highest BCUT2D eigenvalue weighted by molar-refractivity contribution is 7.86. The van der Waals surface area contributed by atoms with Crippen LogP contribution in [0, 0.1) is 11.3 Å². The normalized spacial score (nSPS) is 20.3. The van der Waals surface area contributed by atoms with Crippen molar-refractivity contribution < 1.29 is 8.42 Å². The smallest absolute Gasteiger partial charge is 0.282 e. The first-order valence-electron chi connectivity index (χ1n) is 6.78. The molecule has 2 rings (SSSR count). The Balaban J connectivity index is 2.24. The van der Waals surface area contributed by atoms with Gasteiger partial charge in [0.05, 0.1) is 12.1 Å². The SMILES string of the molecule is CN(CCC#N)S(=O)(=O)N1CCNCC1c1cccnc1. The molecular formula is C13H19N5O2S. The topological polar surface area (TPSA) is 89.3 Å². The lowest BCUT2D eigenvalue weighted by Crippen LogP contribution is -2.52. The van der Waals surface area contributed by atoms with Crippen molar-refractivity contribution in [3.05, 3.63) is 30.1 Å². The second-order valence-electron chi connectivity index (χ2n) is 4.85. The predicted octanol–water partition coefficient (Wildman–Crippen LogP) is 0.118. The minimum Gasteiger partial charge on any atom is -0.313 e. The number of piperazine rings is 1. The Bertz CT molecular complexity index is 599. The first-order chi connectivity index (χ1) is 10.1. The van der Waals surface area contributed by atoms with Crippen molar-refractivity contribution in [2.75, 3.05) is 33.2 Å². The van der Waals surface area contributed by atoms with Crippen LogP contribution in [0.3, 0.4) is 0 Å². The fourth-order valence-electron chi connectivity index (χ4n) is 2.32. The number of nitriles is 1. The number of pyridine rings is 1. The lowest BCUT2D eigenvalue weighted by atomic mass is 10.1. The third kappa shape index (κ3) is 3.57. The molecule has 0 bridgehead atoms. The molecule has 0 radical (unpaired) electrons. The molecule has 1 atom stereocenters. The molecule has 1 N–H and O–H groups in total. The maximum absolute atomic E-state index is 12.7. The summed E-state index contributed by atoms with van der Waals surface area (Å²) >= 11 is 0. The van der Waals surface area contributed by atoms with Crippen LogP contribution in [-0.2, 0) is 10.2 Å². The molecule has 0 spiro atoms. The van der Waals surface area contributed by atoms with Gasteiger partial charge in [0.2, 0.25) is 0 Å². The summed E-state index contributed by atoms with van der Waals surface area (Å²) < 4.78 is 28.1. The van der Waals surface area contributed by atoms with E-state index < -0.39 is 10.2 Å². The Hall–Kier alpha value is -1.53. The third-order valence-corrected chi connectivity index (χ3v) is 5.49. The van der Waals surface area contributed by atoms with Gasteiger partial charge in [-0.15, -0.1) is 0 Å². The van der Waals surface area contributed by atoms with E-state index in [0.717, 1.165) is 5.56 Å². The molecule has 1 aromatic heterocycles. The molecule has 1 aliphatic heterocycles. The van der Waals surface area contributed by atoms with Gasteiger partial charge in [0, 0.05) is 52.0 Å². The fraction of sp³-hybridized carbons (Fsp3) is 0.538. The molecule has 0 amide bonds. The van der Waals surface area contributed by atoms with Crippen molar-refractivity contribution >= 4 is 10.2 Å². The lowest BCUT2D eigenvalue weighted by molar-refractivity contribution is 0.252. The molecule has 1 aliphatic rings. The molecule has 0 saturated carbocycles. The molecule has 0 aromatic carbocycles. The highest BCUT2D eigenvalue weighted by Gasteiger charge is 2.35. The van der Waals surface area contributed by atoms with Crippen LogP contribution in [0.4, 0.5) is 0 Å². The van der Waals surface area contributed by atoms with Crippen LogP contribution in [0.2, 0.25) is 0 Å². The molecule has 8 heteroatoms. The first-order valence-corrected chi connectivity index (χ1v) is 8.17. The average molecular weight is 309 g/mol. The minimum absolute atomic E-state index is 0.180. The third-order valence-electron chi connectivity index (χ3n) is 3.49. The van der Waals surface area contributed by atoms with Gasteiger partial charge in [0.15, 0.2) is 0 Å². The summed E-state index contributed by atoms with van der Waals surface area (Å²) in [4.78, 5) is 4.06. The van der Waals surface area contributed by atoms with E-state index in [4.69, 9.17) is 5.26 Å². The molecular weight excluding hydrogens is 290 g/mol. The number of nitrogens with zero attached hydrogens (tertiary/aromatic N) is 4. The quantitative estimate of drug-likeness (QED) is 0.834. The summed E-state index contributed by atoms with van der Waals surface area (Å²) in [7, 11) is -2.07. The highest BCUT2D eigenvalue weighted by atomic mass is 32.2. The minimum atomic E-state index is -3.58. The van der Waals surface area contributed by atoms with E-state index in [1.54, 1.807) is 18.5 Å². The standard InChI is InChI=1S/C13H19N5O2S/c1-17(8-3-5-14)21(19,20)18-9-7-16-11-13(18)12-4-2-6-15-10-12/h2,4,6,10,13,16H,3,7-9,11H2,1H3. The monoisotopic (exact) mass is 309 g/mol. The predicted molar refractivity (Wildman–Crippen MR) is 78.3 cm³/mol. The zero-order valence-electron chi connectivity index (χ0n) is 11.9. The fourth-order valence-corrected chi connectivity index (χ4v) is 3.84. The van der Waals surface area contributed by atoms with E-state index in [0.29, 0.717) is 19.6 Å². The lowest BCUT2D eigenvalue weighted by Gasteiger charge is -2.37. The first kappa shape index (κ1) is 15.9. The van der Waals surface area contributed by atoms with Gasteiger partial charge in [0.1, 0.15) is 0 Å². The Morgan fingerprint density at radius 3 is 3.10 bits per heavy atom. The van der Waals surface area contributed by atoms with Crippen molar-refractivity contribution in [3.8, 4) is 6.07 Å². The van der Waals surface area contributed by atoms with E-state index in [1.807, 2.05) is 12.1 Å². The summed E-state index contributed by atoms with van der Waals surface area (Å²) in [5.74, 6) is 0. The Labute approximate surface area is 125 Å². The zero-order chi connectivity index (χ0) is 15.3. The van der Waals surface area contributed by atoms with Crippen LogP contribution < -0.4 is 5.32 Å². The second kappa shape index (κ2) is 6.95. The Kier molecular flexibility index (Phi) is 5.25. The zero-order valence-corrected chi connectivity index (χ0v) is 12.8. The van der Waals surface area contributed by atoms with Gasteiger partial charge in [0.25, 0.3) is 10.2 Å². The largest absolute Gasteiger partial charge is 0.313 e. The van der Waals surface area contributed by atoms with E-state index in [-0.39, 0.29) is 19.0 Å². The Morgan fingerprint density at radius 2 is 2.43 bits per heavy atom. The van der Waals surface area contributed by atoms with Crippen LogP contribution >= 0.6 is 0 Å². The van der Waals surface area contributed by atoms with Crippen LogP contribution in [-0.4, -0.2) is 55.2 Å². The van der Waals surface area contributed by atoms with Crippen LogP contribution in [0.15, 0.2) is 24.5 Å². The molecule has 114 valence electrons. The van der Waals surface area contributed by atoms with Crippen LogP contribution in [0.1, 0.15) is 18.0 Å². The molecule has 1 aromatic rings. The van der Waals surface area contributed by atoms with Gasteiger partial charge in [-0.05, 0) is 11.6 Å². The van der Waals surface area contributed by atoms with Crippen LogP contribution in [0.5, 0.6) is 0 Å². The van der Waals surface area contributed by atoms with Gasteiger partial charge in [-0.25, -0.2) is 0 Å². The van der Waals surface area contributed by atoms with E-state index in [2.05, 4.69) is 10.3 Å².